The number of ether oxygens (including phenoxy) is 9. The summed E-state index contributed by atoms with van der Waals surface area (Å²) in [5, 5.41) is 97.9. The summed E-state index contributed by atoms with van der Waals surface area (Å²) < 4.78 is 339. The molecule has 0 aromatic rings. The quantitative estimate of drug-likeness (QED) is 0.0309. The molecule has 0 radical (unpaired) electrons. The highest BCUT2D eigenvalue weighted by molar-refractivity contribution is 7.84. The van der Waals surface area contributed by atoms with E-state index in [1.165, 1.54) is 9.44 Å². The minimum Gasteiger partial charge on any atom is -0.479 e. The van der Waals surface area contributed by atoms with Crippen LogP contribution in [-0.4, -0.2) is 335 Å². The second-order valence-electron chi connectivity index (χ2n) is 18.5. The van der Waals surface area contributed by atoms with Crippen LogP contribution in [-0.2, 0) is 156 Å². The van der Waals surface area contributed by atoms with Crippen LogP contribution in [0.5, 0.6) is 0 Å². The van der Waals surface area contributed by atoms with Crippen LogP contribution in [0, 0.1) is 0 Å². The summed E-state index contributed by atoms with van der Waals surface area (Å²) in [6.07, 6.45) is -65.0. The van der Waals surface area contributed by atoms with Crippen LogP contribution >= 0.6 is 0 Å². The first-order valence-corrected chi connectivity index (χ1v) is 34.3. The van der Waals surface area contributed by atoms with Crippen molar-refractivity contribution in [3.8, 4) is 0 Å². The van der Waals surface area contributed by atoms with E-state index in [4.69, 9.17) is 51.7 Å². The van der Waals surface area contributed by atoms with E-state index in [-0.39, 0.29) is 0 Å². The maximum atomic E-state index is 13.0. The monoisotopic (exact) mass is 1490 g/mol. The Hall–Kier alpha value is -2.74. The summed E-state index contributed by atoms with van der Waals surface area (Å²) in [6.45, 7) is -5.16. The van der Waals surface area contributed by atoms with Crippen LogP contribution in [0.2, 0.25) is 0 Å². The average molecular weight is 1490 g/mol. The van der Waals surface area contributed by atoms with Gasteiger partial charge in [-0.25, -0.2) is 30.5 Å². The molecule has 5 heterocycles. The van der Waals surface area contributed by atoms with E-state index < -0.39 is 268 Å². The molecule has 0 bridgehead atoms. The molecule has 5 saturated heterocycles. The molecule has 5 rings (SSSR count). The first-order valence-electron chi connectivity index (χ1n) is 23.2. The van der Waals surface area contributed by atoms with Crippen molar-refractivity contribution < 1.29 is 223 Å². The lowest BCUT2D eigenvalue weighted by molar-refractivity contribution is -0.376. The molecule has 5 fully saturated rings. The smallest absolute Gasteiger partial charge is 0.397 e. The lowest BCUT2D eigenvalue weighted by atomic mass is 9.94. The standard InChI is InChI=1S/C30H51N3O49S8/c34-10-4(1-69-86(54,55)56)73-27(8(11(10)35)32-84(48,49)50)77-19-14(38)15(39)29(80-22(19)25(42)43)76-17-6(3-71-88(60,61)62)74-30(23(82-90(66,67)68)20(17)81-89(63,64)65)78-18-13(37)9(33-85(51,52)53)28(79-21(18)24(40)41)75-16-5(2-70-87(57,58)59)72-26(44)7(12(16)36)31-83(45,46)47/h4-23,26-39,44H,1-3H2,(H,40,41)(H,42,43)(H,45,46,47)(H,48,49,50)(H,51,52,53)(H,54,55,56)(H,57,58,59)(H,60,61,62)(H,63,64,65)(H,66,67,68)/t4-,5-,6?,7?,8?,9?,10+,11?,12?,13+,14?,15?,16+,17+,18-,19-,20-,21?,22+,23?,26-,27+,28+,29+,30-/m0/s1. The summed E-state index contributed by atoms with van der Waals surface area (Å²) >= 11 is 0. The van der Waals surface area contributed by atoms with Crippen LogP contribution in [0.25, 0.3) is 0 Å². The molecule has 20 N–H and O–H groups in total. The largest absolute Gasteiger partial charge is 0.479 e. The van der Waals surface area contributed by atoms with Crippen LogP contribution in [0.15, 0.2) is 0 Å². The fourth-order valence-electron chi connectivity index (χ4n) is 8.79. The zero-order chi connectivity index (χ0) is 68.7. The topological polar surface area (TPSA) is 816 Å². The summed E-state index contributed by atoms with van der Waals surface area (Å²) in [7, 11) is -46.8. The predicted octanol–water partition coefficient (Wildman–Crippen LogP) is -14.4. The number of aliphatic hydroxyl groups is 7. The van der Waals surface area contributed by atoms with Gasteiger partial charge in [-0.15, -0.1) is 0 Å². The van der Waals surface area contributed by atoms with E-state index in [1.807, 2.05) is 0 Å². The van der Waals surface area contributed by atoms with Crippen LogP contribution < -0.4 is 14.2 Å². The van der Waals surface area contributed by atoms with Crippen LogP contribution in [0.3, 0.4) is 0 Å². The Balaban J connectivity index is 1.59. The number of hydrogen-bond acceptors (Lipinski definition) is 39. The van der Waals surface area contributed by atoms with Gasteiger partial charge < -0.3 is 88.6 Å². The zero-order valence-electron chi connectivity index (χ0n) is 43.0. The second-order valence-corrected chi connectivity index (χ2v) is 27.4. The molecular formula is C30H51N3O49S8. The number of nitrogens with one attached hydrogen (secondary N) is 3. The van der Waals surface area contributed by atoms with Gasteiger partial charge in [0.1, 0.15) is 104 Å². The highest BCUT2D eigenvalue weighted by Crippen LogP contribution is 2.39. The number of aliphatic hydroxyl groups excluding tert-OH is 7. The third-order valence-electron chi connectivity index (χ3n) is 12.2. The molecule has 60 heteroatoms. The minimum atomic E-state index is -6.39. The van der Waals surface area contributed by atoms with Crippen molar-refractivity contribution in [2.45, 2.75) is 153 Å². The molecule has 0 saturated carbocycles. The molecule has 0 aromatic heterocycles. The van der Waals surface area contributed by atoms with Gasteiger partial charge in [0.15, 0.2) is 49.8 Å². The fraction of sp³-hybridized carbons (Fsp3) is 0.933. The summed E-state index contributed by atoms with van der Waals surface area (Å²) in [5.41, 5.74) is 0. The number of carbonyl (C=O) groups is 2. The summed E-state index contributed by atoms with van der Waals surface area (Å²) in [4.78, 5) is 25.7. The van der Waals surface area contributed by atoms with Gasteiger partial charge in [-0.1, -0.05) is 0 Å². The highest BCUT2D eigenvalue weighted by Gasteiger charge is 2.61. The Morgan fingerprint density at radius 3 is 1.12 bits per heavy atom. The Morgan fingerprint density at radius 2 is 0.678 bits per heavy atom. The minimum absolute atomic E-state index is 1.15. The number of carboxylic acids is 2. The van der Waals surface area contributed by atoms with Crippen molar-refractivity contribution in [2.24, 2.45) is 0 Å². The molecule has 5 aliphatic rings. The molecule has 528 valence electrons. The van der Waals surface area contributed by atoms with E-state index in [9.17, 15) is 150 Å². The number of aliphatic carboxylic acids is 2. The van der Waals surface area contributed by atoms with E-state index in [1.54, 1.807) is 0 Å². The molecule has 10 unspecified atom stereocenters. The molecular weight excluding hydrogens is 1440 g/mol. The van der Waals surface area contributed by atoms with Gasteiger partial charge in [-0.2, -0.15) is 81.5 Å². The van der Waals surface area contributed by atoms with Gasteiger partial charge in [0.05, 0.1) is 19.8 Å². The maximum Gasteiger partial charge on any atom is 0.397 e. The lowest BCUT2D eigenvalue weighted by Gasteiger charge is -2.50. The Kier molecular flexibility index (Phi) is 25.4. The van der Waals surface area contributed by atoms with E-state index in [0.29, 0.717) is 0 Å². The molecule has 5 aliphatic heterocycles. The molecule has 52 nitrogen and oxygen atoms in total. The third-order valence-corrected chi connectivity index (χ3v) is 16.2. The van der Waals surface area contributed by atoms with Crippen molar-refractivity contribution in [3.63, 3.8) is 0 Å². The number of carboxylic acid groups (broad SMARTS) is 2. The van der Waals surface area contributed by atoms with E-state index in [2.05, 4.69) is 20.9 Å². The molecule has 0 amide bonds. The zero-order valence-corrected chi connectivity index (χ0v) is 49.5. The SMILES string of the molecule is O=C(O)C1O[C@@H](O[C@H]2C(O)C(NS(=O)(=O)O)[C@@H](O)O[C@H]2COS(=O)(=O)O)C(NS(=O)(=O)O)[C@@H](O)[C@@H]1O[C@@H]1OC(COS(=O)(=O)O)[C@@H](O[C@@H]2O[C@@H](C(=O)O)[C@@H](O[C@H]3O[C@@H](COS(=O)(=O)O)[C@@H](O)C(O)C3NS(=O)(=O)O)C(O)C2O)[C@H](OS(=O)(=O)O)C1OS(=O)(=O)O. The van der Waals surface area contributed by atoms with Crippen molar-refractivity contribution >= 4 is 94.8 Å². The normalized spacial score (nSPS) is 38.9. The van der Waals surface area contributed by atoms with Crippen LogP contribution in [0.1, 0.15) is 0 Å². The van der Waals surface area contributed by atoms with E-state index in [0.717, 1.165) is 4.72 Å². The molecule has 0 aromatic carbocycles. The van der Waals surface area contributed by atoms with Crippen molar-refractivity contribution in [2.75, 3.05) is 19.8 Å². The first kappa shape index (κ1) is 78.0. The van der Waals surface area contributed by atoms with Gasteiger partial charge >= 0.3 is 94.8 Å². The second kappa shape index (κ2) is 29.3. The van der Waals surface area contributed by atoms with Crippen LogP contribution in [0.4, 0.5) is 0 Å². The van der Waals surface area contributed by atoms with Gasteiger partial charge in [0.2, 0.25) is 0 Å². The van der Waals surface area contributed by atoms with Crippen molar-refractivity contribution in [1.29, 1.82) is 0 Å². The maximum absolute atomic E-state index is 13.0. The van der Waals surface area contributed by atoms with Crippen molar-refractivity contribution in [1.82, 2.24) is 14.2 Å². The van der Waals surface area contributed by atoms with Gasteiger partial charge in [-0.05, 0) is 0 Å². The Morgan fingerprint density at radius 1 is 0.333 bits per heavy atom. The fourth-order valence-corrected chi connectivity index (χ4v) is 12.5. The van der Waals surface area contributed by atoms with Gasteiger partial charge in [0.25, 0.3) is 0 Å². The summed E-state index contributed by atoms with van der Waals surface area (Å²) in [6, 6.07) is -8.16. The Bertz CT molecular complexity index is 3470. The number of rotatable bonds is 29. The Labute approximate surface area is 502 Å². The van der Waals surface area contributed by atoms with E-state index >= 15 is 0 Å². The highest BCUT2D eigenvalue weighted by atomic mass is 32.3. The third kappa shape index (κ3) is 22.4. The van der Waals surface area contributed by atoms with Gasteiger partial charge in [0, 0.05) is 0 Å². The summed E-state index contributed by atoms with van der Waals surface area (Å²) in [5.74, 6) is -4.94. The molecule has 90 heavy (non-hydrogen) atoms. The molecule has 0 spiro atoms. The lowest BCUT2D eigenvalue weighted by Crippen LogP contribution is -2.71. The van der Waals surface area contributed by atoms with Crippen molar-refractivity contribution in [3.05, 3.63) is 0 Å². The average Bonchev–Trinajstić information content (AvgIpc) is 0.777. The molecule has 25 atom stereocenters. The first-order chi connectivity index (χ1) is 40.6. The van der Waals surface area contributed by atoms with Gasteiger partial charge in [-0.3, -0.25) is 36.4 Å². The number of hydrogen-bond donors (Lipinski definition) is 20. The molecule has 0 aliphatic carbocycles. The predicted molar refractivity (Wildman–Crippen MR) is 257 cm³/mol.